The van der Waals surface area contributed by atoms with Crippen molar-refractivity contribution in [1.82, 2.24) is 0 Å². The fraction of sp³-hybridized carbons (Fsp3) is 1.00. The van der Waals surface area contributed by atoms with Crippen molar-refractivity contribution in [3.05, 3.63) is 0 Å². The molecule has 2 heteroatoms. The van der Waals surface area contributed by atoms with E-state index in [0.29, 0.717) is 0 Å². The van der Waals surface area contributed by atoms with E-state index in [1.54, 1.807) is 0 Å². The van der Waals surface area contributed by atoms with Crippen LogP contribution in [0.5, 0.6) is 0 Å². The molecule has 1 fully saturated rings. The molecule has 0 aromatic carbocycles. The van der Waals surface area contributed by atoms with Crippen LogP contribution in [-0.4, -0.2) is 24.9 Å². The fourth-order valence-electron chi connectivity index (χ4n) is 0.701. The molecular weight excluding hydrogens is 116 g/mol. The Hall–Kier alpha value is -0.0800. The number of ether oxygens (including phenoxy) is 1. The van der Waals surface area contributed by atoms with E-state index in [1.807, 2.05) is 0 Å². The molecule has 1 aliphatic carbocycles. The highest BCUT2D eigenvalue weighted by atomic mass is 16.5. The lowest BCUT2D eigenvalue weighted by Crippen LogP contribution is -1.99. The number of rotatable bonds is 5. The molecule has 1 rings (SSSR count). The molecule has 0 aromatic rings. The van der Waals surface area contributed by atoms with E-state index in [-0.39, 0.29) is 6.61 Å². The van der Waals surface area contributed by atoms with Crippen molar-refractivity contribution in [3.8, 4) is 0 Å². The molecule has 0 heterocycles. The number of hydrogen-bond donors (Lipinski definition) is 1. The minimum atomic E-state index is 0.255. The minimum Gasteiger partial charge on any atom is -0.396 e. The minimum absolute atomic E-state index is 0.255. The van der Waals surface area contributed by atoms with Crippen molar-refractivity contribution < 1.29 is 9.84 Å². The van der Waals surface area contributed by atoms with Crippen LogP contribution in [0.4, 0.5) is 0 Å². The van der Waals surface area contributed by atoms with Gasteiger partial charge in [-0.3, -0.25) is 0 Å². The highest BCUT2D eigenvalue weighted by molar-refractivity contribution is 4.71. The van der Waals surface area contributed by atoms with Gasteiger partial charge in [-0.1, -0.05) is 0 Å². The van der Waals surface area contributed by atoms with Crippen LogP contribution in [0.15, 0.2) is 0 Å². The molecular formula is C7H14O2. The van der Waals surface area contributed by atoms with E-state index in [1.165, 1.54) is 12.8 Å². The summed E-state index contributed by atoms with van der Waals surface area (Å²) in [5.41, 5.74) is 0. The van der Waals surface area contributed by atoms with E-state index >= 15 is 0 Å². The molecule has 1 N–H and O–H groups in total. The lowest BCUT2D eigenvalue weighted by molar-refractivity contribution is 0.108. The third kappa shape index (κ3) is 3.49. The molecule has 0 amide bonds. The Labute approximate surface area is 55.8 Å². The highest BCUT2D eigenvalue weighted by Gasteiger charge is 2.20. The lowest BCUT2D eigenvalue weighted by atomic mass is 10.4. The summed E-state index contributed by atoms with van der Waals surface area (Å²) in [4.78, 5) is 0. The summed E-state index contributed by atoms with van der Waals surface area (Å²) in [5.74, 6) is 0.851. The Morgan fingerprint density at radius 1 is 1.44 bits per heavy atom. The van der Waals surface area contributed by atoms with Crippen molar-refractivity contribution in [2.75, 3.05) is 19.8 Å². The summed E-state index contributed by atoms with van der Waals surface area (Å²) in [6.45, 7) is 1.90. The first-order valence-corrected chi connectivity index (χ1v) is 3.62. The predicted octanol–water partition coefficient (Wildman–Crippen LogP) is 0.795. The van der Waals surface area contributed by atoms with Crippen molar-refractivity contribution in [2.45, 2.75) is 19.3 Å². The van der Waals surface area contributed by atoms with Gasteiger partial charge >= 0.3 is 0 Å². The van der Waals surface area contributed by atoms with E-state index in [2.05, 4.69) is 0 Å². The van der Waals surface area contributed by atoms with E-state index in [9.17, 15) is 0 Å². The summed E-state index contributed by atoms with van der Waals surface area (Å²) in [6, 6.07) is 0. The first-order valence-electron chi connectivity index (χ1n) is 3.62. The van der Waals surface area contributed by atoms with Crippen molar-refractivity contribution in [1.29, 1.82) is 0 Å². The standard InChI is InChI=1S/C7H14O2/c8-4-1-5-9-6-7-2-3-7/h7-8H,1-6H2. The van der Waals surface area contributed by atoms with Crippen LogP contribution in [0.2, 0.25) is 0 Å². The SMILES string of the molecule is OCCCOCC1CC1. The summed E-state index contributed by atoms with van der Waals surface area (Å²) in [6.07, 6.45) is 3.48. The van der Waals surface area contributed by atoms with Gasteiger partial charge in [0.05, 0.1) is 0 Å². The zero-order valence-electron chi connectivity index (χ0n) is 5.68. The molecule has 9 heavy (non-hydrogen) atoms. The molecule has 54 valence electrons. The van der Waals surface area contributed by atoms with Gasteiger partial charge in [-0.25, -0.2) is 0 Å². The topological polar surface area (TPSA) is 29.5 Å². The largest absolute Gasteiger partial charge is 0.396 e. The summed E-state index contributed by atoms with van der Waals surface area (Å²) in [5, 5.41) is 8.37. The van der Waals surface area contributed by atoms with Gasteiger partial charge in [-0.05, 0) is 25.2 Å². The van der Waals surface area contributed by atoms with Crippen LogP contribution in [0.25, 0.3) is 0 Å². The monoisotopic (exact) mass is 130 g/mol. The molecule has 0 aromatic heterocycles. The van der Waals surface area contributed by atoms with Crippen LogP contribution in [0, 0.1) is 5.92 Å². The Bertz CT molecular complexity index is 69.3. The van der Waals surface area contributed by atoms with Gasteiger partial charge in [-0.15, -0.1) is 0 Å². The van der Waals surface area contributed by atoms with E-state index in [0.717, 1.165) is 25.6 Å². The number of hydrogen-bond acceptors (Lipinski definition) is 2. The Morgan fingerprint density at radius 2 is 2.22 bits per heavy atom. The normalized spacial score (nSPS) is 18.3. The lowest BCUT2D eigenvalue weighted by Gasteiger charge is -1.98. The third-order valence-electron chi connectivity index (χ3n) is 1.50. The molecule has 0 radical (unpaired) electrons. The number of aliphatic hydroxyl groups excluding tert-OH is 1. The second kappa shape index (κ2) is 3.85. The van der Waals surface area contributed by atoms with Crippen LogP contribution in [0.3, 0.4) is 0 Å². The number of aliphatic hydroxyl groups is 1. The Morgan fingerprint density at radius 3 is 2.78 bits per heavy atom. The Balaban J connectivity index is 1.71. The molecule has 2 nitrogen and oxygen atoms in total. The van der Waals surface area contributed by atoms with Gasteiger partial charge in [0.2, 0.25) is 0 Å². The van der Waals surface area contributed by atoms with Crippen molar-refractivity contribution >= 4 is 0 Å². The van der Waals surface area contributed by atoms with Gasteiger partial charge in [0.1, 0.15) is 0 Å². The maximum Gasteiger partial charge on any atom is 0.0494 e. The van der Waals surface area contributed by atoms with E-state index < -0.39 is 0 Å². The molecule has 0 bridgehead atoms. The smallest absolute Gasteiger partial charge is 0.0494 e. The van der Waals surface area contributed by atoms with E-state index in [4.69, 9.17) is 9.84 Å². The maximum atomic E-state index is 8.37. The van der Waals surface area contributed by atoms with Gasteiger partial charge in [0.15, 0.2) is 0 Å². The average Bonchev–Trinajstić information content (AvgIpc) is 2.63. The van der Waals surface area contributed by atoms with Crippen molar-refractivity contribution in [3.63, 3.8) is 0 Å². The van der Waals surface area contributed by atoms with Gasteiger partial charge in [-0.2, -0.15) is 0 Å². The first kappa shape index (κ1) is 7.03. The van der Waals surface area contributed by atoms with Crippen LogP contribution in [-0.2, 0) is 4.74 Å². The summed E-state index contributed by atoms with van der Waals surface area (Å²) < 4.78 is 5.24. The maximum absolute atomic E-state index is 8.37. The molecule has 0 saturated heterocycles. The van der Waals surface area contributed by atoms with Crippen LogP contribution >= 0.6 is 0 Å². The predicted molar refractivity (Wildman–Crippen MR) is 35.2 cm³/mol. The zero-order valence-corrected chi connectivity index (χ0v) is 5.68. The van der Waals surface area contributed by atoms with Crippen LogP contribution < -0.4 is 0 Å². The molecule has 1 aliphatic rings. The molecule has 0 spiro atoms. The van der Waals surface area contributed by atoms with Crippen molar-refractivity contribution in [2.24, 2.45) is 5.92 Å². The third-order valence-corrected chi connectivity index (χ3v) is 1.50. The van der Waals surface area contributed by atoms with Crippen LogP contribution in [0.1, 0.15) is 19.3 Å². The second-order valence-electron chi connectivity index (χ2n) is 2.60. The van der Waals surface area contributed by atoms with Gasteiger partial charge in [0.25, 0.3) is 0 Å². The highest BCUT2D eigenvalue weighted by Crippen LogP contribution is 2.28. The molecule has 0 aliphatic heterocycles. The fourth-order valence-corrected chi connectivity index (χ4v) is 0.701. The molecule has 0 atom stereocenters. The molecule has 0 unspecified atom stereocenters. The summed E-state index contributed by atoms with van der Waals surface area (Å²) >= 11 is 0. The second-order valence-corrected chi connectivity index (χ2v) is 2.60. The average molecular weight is 130 g/mol. The molecule has 1 saturated carbocycles. The quantitative estimate of drug-likeness (QED) is 0.558. The summed E-state index contributed by atoms with van der Waals surface area (Å²) in [7, 11) is 0. The van der Waals surface area contributed by atoms with Gasteiger partial charge in [0, 0.05) is 19.8 Å². The Kier molecular flexibility index (Phi) is 3.01. The first-order chi connectivity index (χ1) is 4.43. The van der Waals surface area contributed by atoms with Gasteiger partial charge < -0.3 is 9.84 Å². The zero-order chi connectivity index (χ0) is 6.53.